The predicted octanol–water partition coefficient (Wildman–Crippen LogP) is 2.15. The number of ether oxygens (including phenoxy) is 1. The summed E-state index contributed by atoms with van der Waals surface area (Å²) >= 11 is 0. The maximum Gasteiger partial charge on any atom is 0.123 e. The van der Waals surface area contributed by atoms with E-state index in [2.05, 4.69) is 11.8 Å². The minimum atomic E-state index is -0.194. The Kier molecular flexibility index (Phi) is 4.91. The molecule has 2 rings (SSSR count). The molecule has 4 heteroatoms. The van der Waals surface area contributed by atoms with E-state index in [1.165, 1.54) is 6.07 Å². The highest BCUT2D eigenvalue weighted by Crippen LogP contribution is 2.24. The van der Waals surface area contributed by atoms with Gasteiger partial charge in [-0.15, -0.1) is 0 Å². The van der Waals surface area contributed by atoms with Crippen molar-refractivity contribution in [2.75, 3.05) is 13.6 Å². The van der Waals surface area contributed by atoms with E-state index in [1.807, 2.05) is 13.1 Å². The van der Waals surface area contributed by atoms with Crippen molar-refractivity contribution in [1.29, 1.82) is 0 Å². The van der Waals surface area contributed by atoms with Gasteiger partial charge in [0.2, 0.25) is 0 Å². The number of hydrogen-bond donors (Lipinski definition) is 1. The van der Waals surface area contributed by atoms with Crippen LogP contribution in [0, 0.1) is 5.82 Å². The summed E-state index contributed by atoms with van der Waals surface area (Å²) in [5.41, 5.74) is 6.85. The molecule has 3 unspecified atom stereocenters. The second-order valence-electron chi connectivity index (χ2n) is 5.41. The molecule has 0 radical (unpaired) electrons. The molecule has 1 heterocycles. The second kappa shape index (κ2) is 6.46. The highest BCUT2D eigenvalue weighted by Gasteiger charge is 2.31. The van der Waals surface area contributed by atoms with Gasteiger partial charge in [0.25, 0.3) is 0 Å². The van der Waals surface area contributed by atoms with Gasteiger partial charge >= 0.3 is 0 Å². The first-order chi connectivity index (χ1) is 9.10. The van der Waals surface area contributed by atoms with Crippen LogP contribution in [0.3, 0.4) is 0 Å². The van der Waals surface area contributed by atoms with E-state index in [9.17, 15) is 4.39 Å². The third kappa shape index (κ3) is 3.75. The largest absolute Gasteiger partial charge is 0.374 e. The third-order valence-corrected chi connectivity index (χ3v) is 3.82. The Labute approximate surface area is 114 Å². The lowest BCUT2D eigenvalue weighted by Crippen LogP contribution is -2.46. The number of likely N-dealkylation sites (N-methyl/N-ethyl adjacent to an activating group) is 1. The molecule has 3 nitrogen and oxygen atoms in total. The molecule has 1 aromatic rings. The molecule has 0 amide bonds. The van der Waals surface area contributed by atoms with E-state index in [-0.39, 0.29) is 18.0 Å². The zero-order chi connectivity index (χ0) is 13.8. The Bertz CT molecular complexity index is 413. The Balaban J connectivity index is 1.98. The van der Waals surface area contributed by atoms with Crippen LogP contribution >= 0.6 is 0 Å². The first-order valence-electron chi connectivity index (χ1n) is 6.90. The smallest absolute Gasteiger partial charge is 0.123 e. The summed E-state index contributed by atoms with van der Waals surface area (Å²) in [6, 6.07) is 6.90. The molecule has 0 aromatic heterocycles. The van der Waals surface area contributed by atoms with Crippen LogP contribution in [0.2, 0.25) is 0 Å². The van der Waals surface area contributed by atoms with Crippen LogP contribution in [-0.2, 0) is 11.3 Å². The van der Waals surface area contributed by atoms with Crippen molar-refractivity contribution in [3.05, 3.63) is 35.6 Å². The third-order valence-electron chi connectivity index (χ3n) is 3.82. The summed E-state index contributed by atoms with van der Waals surface area (Å²) in [6.07, 6.45) is 2.66. The van der Waals surface area contributed by atoms with E-state index < -0.39 is 0 Å². The van der Waals surface area contributed by atoms with Crippen LogP contribution in [0.25, 0.3) is 0 Å². The average molecular weight is 266 g/mol. The molecular formula is C15H23FN2O. The van der Waals surface area contributed by atoms with Crippen molar-refractivity contribution in [1.82, 2.24) is 4.90 Å². The molecule has 1 aliphatic rings. The lowest BCUT2D eigenvalue weighted by Gasteiger charge is -2.31. The second-order valence-corrected chi connectivity index (χ2v) is 5.41. The van der Waals surface area contributed by atoms with Crippen LogP contribution in [0.1, 0.15) is 25.3 Å². The molecular weight excluding hydrogens is 243 g/mol. The molecule has 0 bridgehead atoms. The maximum absolute atomic E-state index is 13.2. The lowest BCUT2D eigenvalue weighted by atomic mass is 10.1. The molecule has 0 spiro atoms. The summed E-state index contributed by atoms with van der Waals surface area (Å²) in [4.78, 5) is 2.16. The fourth-order valence-corrected chi connectivity index (χ4v) is 2.77. The molecule has 0 aliphatic carbocycles. The van der Waals surface area contributed by atoms with Crippen molar-refractivity contribution < 1.29 is 9.13 Å². The van der Waals surface area contributed by atoms with E-state index >= 15 is 0 Å². The van der Waals surface area contributed by atoms with Crippen LogP contribution in [-0.4, -0.2) is 36.7 Å². The van der Waals surface area contributed by atoms with Crippen molar-refractivity contribution in [2.24, 2.45) is 5.73 Å². The van der Waals surface area contributed by atoms with Crippen LogP contribution in [0.4, 0.5) is 4.39 Å². The molecule has 2 N–H and O–H groups in total. The normalized spacial score (nSPS) is 24.9. The molecule has 1 aromatic carbocycles. The van der Waals surface area contributed by atoms with Crippen LogP contribution < -0.4 is 5.73 Å². The minimum absolute atomic E-state index is 0.188. The fraction of sp³-hybridized carbons (Fsp3) is 0.600. The van der Waals surface area contributed by atoms with E-state index in [1.54, 1.807) is 12.1 Å². The van der Waals surface area contributed by atoms with Gasteiger partial charge in [0, 0.05) is 19.1 Å². The average Bonchev–Trinajstić information content (AvgIpc) is 2.76. The van der Waals surface area contributed by atoms with Crippen LogP contribution in [0.5, 0.6) is 0 Å². The Morgan fingerprint density at radius 3 is 2.84 bits per heavy atom. The zero-order valence-electron chi connectivity index (χ0n) is 11.7. The van der Waals surface area contributed by atoms with Gasteiger partial charge in [0.15, 0.2) is 0 Å². The number of rotatable bonds is 5. The Hall–Kier alpha value is -0.970. The standard InChI is InChI=1S/C15H23FN2O/c1-11-6-7-15(19-11)14(9-17)18(2)10-12-4-3-5-13(16)8-12/h3-5,8,11,14-15H,6-7,9-10,17H2,1-2H3. The van der Waals surface area contributed by atoms with Gasteiger partial charge in [-0.3, -0.25) is 4.90 Å². The number of benzene rings is 1. The van der Waals surface area contributed by atoms with Crippen molar-refractivity contribution >= 4 is 0 Å². The van der Waals surface area contributed by atoms with Crippen molar-refractivity contribution in [3.63, 3.8) is 0 Å². The fourth-order valence-electron chi connectivity index (χ4n) is 2.77. The minimum Gasteiger partial charge on any atom is -0.374 e. The summed E-state index contributed by atoms with van der Waals surface area (Å²) in [5.74, 6) is -0.194. The Morgan fingerprint density at radius 1 is 1.47 bits per heavy atom. The monoisotopic (exact) mass is 266 g/mol. The number of nitrogens with zero attached hydrogens (tertiary/aromatic N) is 1. The van der Waals surface area contributed by atoms with E-state index in [0.29, 0.717) is 19.2 Å². The quantitative estimate of drug-likeness (QED) is 0.887. The molecule has 19 heavy (non-hydrogen) atoms. The molecule has 0 saturated carbocycles. The number of hydrogen-bond acceptors (Lipinski definition) is 3. The molecule has 1 aliphatic heterocycles. The highest BCUT2D eigenvalue weighted by atomic mass is 19.1. The summed E-state index contributed by atoms with van der Waals surface area (Å²) in [5, 5.41) is 0. The van der Waals surface area contributed by atoms with Gasteiger partial charge in [-0.05, 0) is 44.5 Å². The van der Waals surface area contributed by atoms with Gasteiger partial charge in [0.1, 0.15) is 5.82 Å². The Morgan fingerprint density at radius 2 is 2.26 bits per heavy atom. The highest BCUT2D eigenvalue weighted by molar-refractivity contribution is 5.16. The predicted molar refractivity (Wildman–Crippen MR) is 74.3 cm³/mol. The topological polar surface area (TPSA) is 38.5 Å². The lowest BCUT2D eigenvalue weighted by molar-refractivity contribution is 0.000829. The molecule has 106 valence electrons. The van der Waals surface area contributed by atoms with Gasteiger partial charge < -0.3 is 10.5 Å². The first kappa shape index (κ1) is 14.4. The van der Waals surface area contributed by atoms with Gasteiger partial charge in [-0.25, -0.2) is 4.39 Å². The van der Waals surface area contributed by atoms with E-state index in [4.69, 9.17) is 10.5 Å². The van der Waals surface area contributed by atoms with E-state index in [0.717, 1.165) is 18.4 Å². The van der Waals surface area contributed by atoms with Crippen LogP contribution in [0.15, 0.2) is 24.3 Å². The zero-order valence-corrected chi connectivity index (χ0v) is 11.7. The summed E-state index contributed by atoms with van der Waals surface area (Å²) < 4.78 is 19.1. The van der Waals surface area contributed by atoms with Crippen molar-refractivity contribution in [3.8, 4) is 0 Å². The van der Waals surface area contributed by atoms with Crippen molar-refractivity contribution in [2.45, 2.75) is 44.6 Å². The molecule has 1 fully saturated rings. The first-order valence-corrected chi connectivity index (χ1v) is 6.90. The molecule has 3 atom stereocenters. The van der Waals surface area contributed by atoms with Gasteiger partial charge in [-0.2, -0.15) is 0 Å². The molecule has 1 saturated heterocycles. The van der Waals surface area contributed by atoms with Gasteiger partial charge in [-0.1, -0.05) is 12.1 Å². The number of halogens is 1. The summed E-state index contributed by atoms with van der Waals surface area (Å²) in [6.45, 7) is 3.34. The summed E-state index contributed by atoms with van der Waals surface area (Å²) in [7, 11) is 2.02. The van der Waals surface area contributed by atoms with Gasteiger partial charge in [0.05, 0.1) is 12.2 Å². The number of nitrogens with two attached hydrogens (primary N) is 1. The maximum atomic E-state index is 13.2. The SMILES string of the molecule is CC1CCC(C(CN)N(C)Cc2cccc(F)c2)O1.